The first-order valence-electron chi connectivity index (χ1n) is 23.0. The minimum atomic E-state index is 0.545. The number of hydrogen-bond donors (Lipinski definition) is 0. The van der Waals surface area contributed by atoms with E-state index >= 15 is 0 Å². The summed E-state index contributed by atoms with van der Waals surface area (Å²) in [6.07, 6.45) is 0. The predicted molar refractivity (Wildman–Crippen MR) is 281 cm³/mol. The topological polar surface area (TPSA) is 52.9 Å². The molecule has 68 heavy (non-hydrogen) atoms. The highest BCUT2D eigenvalue weighted by molar-refractivity contribution is 6.12. The fraction of sp³-hybridized carbons (Fsp3) is 0.0645. The third-order valence-corrected chi connectivity index (χ3v) is 13.2. The number of para-hydroxylation sites is 1. The highest BCUT2D eigenvalue weighted by Crippen LogP contribution is 2.46. The lowest BCUT2D eigenvalue weighted by Crippen LogP contribution is -2.06. The Morgan fingerprint density at radius 1 is 0.353 bits per heavy atom. The molecule has 0 fully saturated rings. The molecule has 0 atom stereocenters. The molecule has 0 aliphatic heterocycles. The molecule has 322 valence electrons. The van der Waals surface area contributed by atoms with Crippen molar-refractivity contribution >= 4 is 49.3 Å². The van der Waals surface area contributed by atoms with Crippen LogP contribution in [0.25, 0.3) is 116 Å². The van der Waals surface area contributed by atoms with Crippen molar-refractivity contribution in [3.8, 4) is 67.8 Å². The molecule has 0 spiro atoms. The van der Waals surface area contributed by atoms with Gasteiger partial charge in [0.1, 0.15) is 0 Å². The zero-order valence-electron chi connectivity index (χ0n) is 38.2. The first-order chi connectivity index (χ1) is 33.3. The van der Waals surface area contributed by atoms with Gasteiger partial charge in [0.25, 0.3) is 0 Å². The standard InChI is InChI=1S/C62H44N6/c1-38-23-28-53-47(33-38)48-34-39(2)24-29-54(48)67(53)57-32-27-44(45-19-12-13-21-52(45)63-5)37-51(57)46-20-14-22-58(68-55-30-25-40(3)35-49(55)50-36-41(4)26-31-56(50)68)59(46)62-65-60(42-15-8-6-9-16-42)64-61(66-62)43-17-10-7-11-18-43/h6-37H,1-4H3. The van der Waals surface area contributed by atoms with Crippen molar-refractivity contribution in [1.82, 2.24) is 24.1 Å². The average Bonchev–Trinajstić information content (AvgIpc) is 3.86. The Balaban J connectivity index is 1.26. The number of nitrogens with zero attached hydrogens (tertiary/aromatic N) is 6. The Bertz CT molecular complexity index is 3840. The van der Waals surface area contributed by atoms with Crippen LogP contribution in [0.3, 0.4) is 0 Å². The van der Waals surface area contributed by atoms with E-state index in [1.165, 1.54) is 43.8 Å². The molecule has 3 aromatic heterocycles. The van der Waals surface area contributed by atoms with Gasteiger partial charge in [-0.05, 0) is 111 Å². The minimum absolute atomic E-state index is 0.545. The van der Waals surface area contributed by atoms with E-state index < -0.39 is 0 Å². The number of hydrogen-bond acceptors (Lipinski definition) is 3. The molecule has 3 heterocycles. The third kappa shape index (κ3) is 6.75. The quantitative estimate of drug-likeness (QED) is 0.150. The Morgan fingerprint density at radius 3 is 1.29 bits per heavy atom. The molecule has 0 saturated carbocycles. The SMILES string of the molecule is [C-]#[N+]c1ccccc1-c1ccc(-n2c3ccc(C)cc3c3cc(C)ccc32)c(-c2cccc(-n3c4ccc(C)cc4c4cc(C)ccc43)c2-c2nc(-c3ccccc3)nc(-c3ccccc3)n2)c1. The molecular weight excluding hydrogens is 829 g/mol. The summed E-state index contributed by atoms with van der Waals surface area (Å²) in [6.45, 7) is 16.8. The summed E-state index contributed by atoms with van der Waals surface area (Å²) < 4.78 is 4.80. The minimum Gasteiger partial charge on any atom is -0.309 e. The van der Waals surface area contributed by atoms with Crippen LogP contribution in [-0.2, 0) is 0 Å². The molecule has 12 rings (SSSR count). The summed E-state index contributed by atoms with van der Waals surface area (Å²) in [4.78, 5) is 20.1. The Hall–Kier alpha value is -8.92. The normalized spacial score (nSPS) is 11.5. The van der Waals surface area contributed by atoms with Crippen molar-refractivity contribution in [1.29, 1.82) is 0 Å². The van der Waals surface area contributed by atoms with Gasteiger partial charge in [-0.2, -0.15) is 0 Å². The van der Waals surface area contributed by atoms with Gasteiger partial charge in [0.05, 0.1) is 45.6 Å². The maximum atomic E-state index is 8.21. The highest BCUT2D eigenvalue weighted by Gasteiger charge is 2.26. The lowest BCUT2D eigenvalue weighted by Gasteiger charge is -2.21. The van der Waals surface area contributed by atoms with Gasteiger partial charge in [-0.3, -0.25) is 0 Å². The molecule has 0 amide bonds. The smallest absolute Gasteiger partial charge is 0.194 e. The van der Waals surface area contributed by atoms with Crippen molar-refractivity contribution in [3.05, 3.63) is 228 Å². The fourth-order valence-corrected chi connectivity index (χ4v) is 10.1. The number of aryl methyl sites for hydroxylation is 4. The third-order valence-electron chi connectivity index (χ3n) is 13.2. The first-order valence-corrected chi connectivity index (χ1v) is 23.0. The molecule has 0 bridgehead atoms. The van der Waals surface area contributed by atoms with Gasteiger partial charge >= 0.3 is 0 Å². The summed E-state index contributed by atoms with van der Waals surface area (Å²) in [6, 6.07) is 68.4. The van der Waals surface area contributed by atoms with Crippen molar-refractivity contribution in [2.24, 2.45) is 0 Å². The van der Waals surface area contributed by atoms with E-state index in [2.05, 4.69) is 175 Å². The van der Waals surface area contributed by atoms with Gasteiger partial charge < -0.3 is 9.13 Å². The first kappa shape index (κ1) is 40.6. The lowest BCUT2D eigenvalue weighted by atomic mass is 9.92. The van der Waals surface area contributed by atoms with Crippen molar-refractivity contribution in [2.75, 3.05) is 0 Å². The van der Waals surface area contributed by atoms with Crippen LogP contribution >= 0.6 is 0 Å². The Morgan fingerprint density at radius 2 is 0.794 bits per heavy atom. The van der Waals surface area contributed by atoms with Crippen LogP contribution in [0.2, 0.25) is 0 Å². The van der Waals surface area contributed by atoms with E-state index in [0.717, 1.165) is 72.4 Å². The van der Waals surface area contributed by atoms with E-state index in [0.29, 0.717) is 23.2 Å². The van der Waals surface area contributed by atoms with Gasteiger partial charge in [0.2, 0.25) is 0 Å². The molecule has 0 saturated heterocycles. The second-order valence-electron chi connectivity index (χ2n) is 17.9. The highest BCUT2D eigenvalue weighted by atomic mass is 15.1. The predicted octanol–water partition coefficient (Wildman–Crippen LogP) is 16.2. The van der Waals surface area contributed by atoms with Gasteiger partial charge in [-0.1, -0.05) is 150 Å². The van der Waals surface area contributed by atoms with Gasteiger partial charge in [0, 0.05) is 38.2 Å². The van der Waals surface area contributed by atoms with Gasteiger partial charge in [-0.25, -0.2) is 19.8 Å². The van der Waals surface area contributed by atoms with Crippen LogP contribution in [0.1, 0.15) is 22.3 Å². The Kier molecular flexibility index (Phi) is 9.67. The molecule has 6 nitrogen and oxygen atoms in total. The fourth-order valence-electron chi connectivity index (χ4n) is 10.1. The van der Waals surface area contributed by atoms with E-state index in [-0.39, 0.29) is 0 Å². The zero-order valence-corrected chi connectivity index (χ0v) is 38.2. The second kappa shape index (κ2) is 16.2. The summed E-state index contributed by atoms with van der Waals surface area (Å²) >= 11 is 0. The van der Waals surface area contributed by atoms with Gasteiger partial charge in [-0.15, -0.1) is 0 Å². The maximum absolute atomic E-state index is 8.21. The summed E-state index contributed by atoms with van der Waals surface area (Å²) in [5.74, 6) is 1.71. The molecular formula is C62H44N6. The van der Waals surface area contributed by atoms with Crippen molar-refractivity contribution in [3.63, 3.8) is 0 Å². The van der Waals surface area contributed by atoms with Crippen molar-refractivity contribution in [2.45, 2.75) is 27.7 Å². The molecule has 0 unspecified atom stereocenters. The molecule has 6 heteroatoms. The molecule has 0 N–H and O–H groups in total. The van der Waals surface area contributed by atoms with Crippen LogP contribution in [0.5, 0.6) is 0 Å². The van der Waals surface area contributed by atoms with E-state index in [1.54, 1.807) is 0 Å². The second-order valence-corrected chi connectivity index (χ2v) is 17.9. The van der Waals surface area contributed by atoms with Crippen LogP contribution in [0.4, 0.5) is 5.69 Å². The zero-order chi connectivity index (χ0) is 46.0. The van der Waals surface area contributed by atoms with Crippen LogP contribution in [0.15, 0.2) is 194 Å². The number of fused-ring (bicyclic) bond motifs is 6. The Labute approximate surface area is 394 Å². The van der Waals surface area contributed by atoms with E-state index in [9.17, 15) is 0 Å². The average molecular weight is 873 g/mol. The lowest BCUT2D eigenvalue weighted by molar-refractivity contribution is 1.06. The number of aromatic nitrogens is 5. The molecule has 9 aromatic carbocycles. The van der Waals surface area contributed by atoms with Crippen LogP contribution in [-0.4, -0.2) is 24.1 Å². The van der Waals surface area contributed by atoms with Gasteiger partial charge in [0.15, 0.2) is 23.2 Å². The summed E-state index contributed by atoms with van der Waals surface area (Å²) in [5, 5.41) is 4.75. The van der Waals surface area contributed by atoms with Crippen LogP contribution in [0, 0.1) is 34.3 Å². The maximum Gasteiger partial charge on any atom is 0.194 e. The summed E-state index contributed by atoms with van der Waals surface area (Å²) in [7, 11) is 0. The molecule has 0 aliphatic carbocycles. The molecule has 0 radical (unpaired) electrons. The number of benzene rings is 9. The molecule has 0 aliphatic rings. The van der Waals surface area contributed by atoms with Crippen LogP contribution < -0.4 is 0 Å². The monoisotopic (exact) mass is 872 g/mol. The van der Waals surface area contributed by atoms with E-state index in [4.69, 9.17) is 21.5 Å². The molecule has 12 aromatic rings. The van der Waals surface area contributed by atoms with Crippen molar-refractivity contribution < 1.29 is 0 Å². The largest absolute Gasteiger partial charge is 0.309 e. The number of rotatable bonds is 7. The summed E-state index contributed by atoms with van der Waals surface area (Å²) in [5.41, 5.74) is 18.1. The van der Waals surface area contributed by atoms with E-state index in [1.807, 2.05) is 60.7 Å².